The predicted molar refractivity (Wildman–Crippen MR) is 89.4 cm³/mol. The molecule has 0 aliphatic rings. The number of nitrogens with one attached hydrogen (secondary N) is 1. The van der Waals surface area contributed by atoms with E-state index in [1.807, 2.05) is 41.2 Å². The Hall–Kier alpha value is -2.83. The number of carboxylic acids is 1. The van der Waals surface area contributed by atoms with Crippen molar-refractivity contribution in [3.8, 4) is 0 Å². The normalized spacial score (nSPS) is 11.8. The highest BCUT2D eigenvalue weighted by molar-refractivity contribution is 5.75. The monoisotopic (exact) mass is 330 g/mol. The number of rotatable bonds is 7. The van der Waals surface area contributed by atoms with Gasteiger partial charge in [-0.15, -0.1) is 0 Å². The Kier molecular flexibility index (Phi) is 5.95. The van der Waals surface area contributed by atoms with E-state index < -0.39 is 11.9 Å². The van der Waals surface area contributed by atoms with Crippen molar-refractivity contribution in [2.45, 2.75) is 20.0 Å². The van der Waals surface area contributed by atoms with Crippen LogP contribution >= 0.6 is 0 Å². The van der Waals surface area contributed by atoms with Gasteiger partial charge in [-0.3, -0.25) is 9.48 Å². The first kappa shape index (κ1) is 17.5. The largest absolute Gasteiger partial charge is 0.481 e. The topological polar surface area (TPSA) is 87.5 Å². The first-order chi connectivity index (χ1) is 11.5. The van der Waals surface area contributed by atoms with Gasteiger partial charge in [0.05, 0.1) is 12.5 Å². The molecule has 1 unspecified atom stereocenters. The van der Waals surface area contributed by atoms with Gasteiger partial charge >= 0.3 is 12.0 Å². The van der Waals surface area contributed by atoms with Crippen molar-refractivity contribution in [1.29, 1.82) is 0 Å². The summed E-state index contributed by atoms with van der Waals surface area (Å²) < 4.78 is 1.82. The lowest BCUT2D eigenvalue weighted by atomic mass is 10.1. The Labute approximate surface area is 140 Å². The Morgan fingerprint density at radius 3 is 2.62 bits per heavy atom. The zero-order chi connectivity index (χ0) is 17.5. The van der Waals surface area contributed by atoms with Gasteiger partial charge in [0.2, 0.25) is 0 Å². The summed E-state index contributed by atoms with van der Waals surface area (Å²) in [4.78, 5) is 24.4. The summed E-state index contributed by atoms with van der Waals surface area (Å²) in [5, 5.41) is 15.9. The highest BCUT2D eigenvalue weighted by atomic mass is 16.4. The van der Waals surface area contributed by atoms with Crippen LogP contribution in [0.1, 0.15) is 18.1 Å². The number of aromatic nitrogens is 2. The fourth-order valence-corrected chi connectivity index (χ4v) is 2.33. The van der Waals surface area contributed by atoms with Gasteiger partial charge in [0.15, 0.2) is 0 Å². The van der Waals surface area contributed by atoms with Crippen molar-refractivity contribution in [2.75, 3.05) is 13.6 Å². The second-order valence-corrected chi connectivity index (χ2v) is 5.75. The van der Waals surface area contributed by atoms with Gasteiger partial charge in [0, 0.05) is 32.5 Å². The van der Waals surface area contributed by atoms with Crippen molar-refractivity contribution in [3.05, 3.63) is 53.9 Å². The number of nitrogens with zero attached hydrogens (tertiary/aromatic N) is 3. The molecule has 0 bridgehead atoms. The number of aliphatic carboxylic acids is 1. The van der Waals surface area contributed by atoms with E-state index in [-0.39, 0.29) is 12.6 Å². The van der Waals surface area contributed by atoms with Crippen LogP contribution in [0.5, 0.6) is 0 Å². The summed E-state index contributed by atoms with van der Waals surface area (Å²) in [6.07, 6.45) is 3.61. The quantitative estimate of drug-likeness (QED) is 0.810. The summed E-state index contributed by atoms with van der Waals surface area (Å²) in [7, 11) is 1.59. The summed E-state index contributed by atoms with van der Waals surface area (Å²) in [5.41, 5.74) is 2.07. The molecule has 0 radical (unpaired) electrons. The molecule has 1 atom stereocenters. The van der Waals surface area contributed by atoms with Crippen LogP contribution in [0, 0.1) is 5.92 Å². The number of carboxylic acid groups (broad SMARTS) is 1. The van der Waals surface area contributed by atoms with Crippen LogP contribution in [-0.4, -0.2) is 45.4 Å². The van der Waals surface area contributed by atoms with E-state index >= 15 is 0 Å². The van der Waals surface area contributed by atoms with Crippen molar-refractivity contribution in [1.82, 2.24) is 20.0 Å². The third-order valence-corrected chi connectivity index (χ3v) is 3.76. The summed E-state index contributed by atoms with van der Waals surface area (Å²) in [6, 6.07) is 9.40. The molecular formula is C17H22N4O3. The van der Waals surface area contributed by atoms with Crippen LogP contribution in [0.3, 0.4) is 0 Å². The zero-order valence-corrected chi connectivity index (χ0v) is 13.8. The maximum Gasteiger partial charge on any atom is 0.317 e. The smallest absolute Gasteiger partial charge is 0.317 e. The average molecular weight is 330 g/mol. The van der Waals surface area contributed by atoms with Gasteiger partial charge in [-0.25, -0.2) is 4.79 Å². The lowest BCUT2D eigenvalue weighted by Gasteiger charge is -2.20. The standard InChI is InChI=1S/C17H22N4O3/c1-13(16(22)23)11-20(2)17(24)18-10-14-6-3-4-7-15(14)12-21-9-5-8-19-21/h3-9,13H,10-12H2,1-2H3,(H,18,24)(H,22,23). The van der Waals surface area contributed by atoms with Crippen molar-refractivity contribution >= 4 is 12.0 Å². The molecule has 0 fully saturated rings. The molecule has 2 amide bonds. The van der Waals surface area contributed by atoms with E-state index in [1.165, 1.54) is 4.90 Å². The van der Waals surface area contributed by atoms with Gasteiger partial charge in [-0.05, 0) is 17.2 Å². The lowest BCUT2D eigenvalue weighted by molar-refractivity contribution is -0.141. The average Bonchev–Trinajstić information content (AvgIpc) is 3.06. The fourth-order valence-electron chi connectivity index (χ4n) is 2.33. The first-order valence-electron chi connectivity index (χ1n) is 7.73. The number of carbonyl (C=O) groups excluding carboxylic acids is 1. The molecular weight excluding hydrogens is 308 g/mol. The molecule has 7 nitrogen and oxygen atoms in total. The van der Waals surface area contributed by atoms with Gasteiger partial charge in [-0.1, -0.05) is 31.2 Å². The van der Waals surface area contributed by atoms with Gasteiger partial charge < -0.3 is 15.3 Å². The van der Waals surface area contributed by atoms with Gasteiger partial charge in [0.25, 0.3) is 0 Å². The van der Waals surface area contributed by atoms with Crippen molar-refractivity contribution in [2.24, 2.45) is 5.92 Å². The van der Waals surface area contributed by atoms with Crippen molar-refractivity contribution < 1.29 is 14.7 Å². The SMILES string of the molecule is CC(CN(C)C(=O)NCc1ccccc1Cn1cccn1)C(=O)O. The molecule has 128 valence electrons. The van der Waals surface area contributed by atoms with Gasteiger partial charge in [-0.2, -0.15) is 5.10 Å². The van der Waals surface area contributed by atoms with E-state index in [0.717, 1.165) is 11.1 Å². The predicted octanol–water partition coefficient (Wildman–Crippen LogP) is 1.79. The van der Waals surface area contributed by atoms with Gasteiger partial charge in [0.1, 0.15) is 0 Å². The molecule has 0 spiro atoms. The van der Waals surface area contributed by atoms with Crippen LogP contribution < -0.4 is 5.32 Å². The second-order valence-electron chi connectivity index (χ2n) is 5.75. The molecule has 2 rings (SSSR count). The Morgan fingerprint density at radius 1 is 1.29 bits per heavy atom. The van der Waals surface area contributed by atoms with Crippen LogP contribution in [-0.2, 0) is 17.9 Å². The number of benzene rings is 1. The molecule has 1 heterocycles. The molecule has 0 saturated heterocycles. The minimum Gasteiger partial charge on any atom is -0.481 e. The third-order valence-electron chi connectivity index (χ3n) is 3.76. The van der Waals surface area contributed by atoms with Crippen LogP contribution in [0.2, 0.25) is 0 Å². The highest BCUT2D eigenvalue weighted by Gasteiger charge is 2.17. The van der Waals surface area contributed by atoms with E-state index in [0.29, 0.717) is 13.1 Å². The Balaban J connectivity index is 1.94. The first-order valence-corrected chi connectivity index (χ1v) is 7.73. The Bertz CT molecular complexity index is 685. The maximum atomic E-state index is 12.1. The maximum absolute atomic E-state index is 12.1. The molecule has 7 heteroatoms. The van der Waals surface area contributed by atoms with Crippen molar-refractivity contribution in [3.63, 3.8) is 0 Å². The second kappa shape index (κ2) is 8.14. The molecule has 24 heavy (non-hydrogen) atoms. The molecule has 1 aromatic carbocycles. The number of amides is 2. The van der Waals surface area contributed by atoms with E-state index in [1.54, 1.807) is 20.2 Å². The summed E-state index contributed by atoms with van der Waals surface area (Å²) in [6.45, 7) is 2.74. The molecule has 0 saturated carbocycles. The number of carbonyl (C=O) groups is 2. The number of hydrogen-bond donors (Lipinski definition) is 2. The molecule has 0 aliphatic carbocycles. The number of urea groups is 1. The van der Waals surface area contributed by atoms with Crippen LogP contribution in [0.15, 0.2) is 42.7 Å². The highest BCUT2D eigenvalue weighted by Crippen LogP contribution is 2.10. The minimum atomic E-state index is -0.917. The molecule has 0 aliphatic heterocycles. The lowest BCUT2D eigenvalue weighted by Crippen LogP contribution is -2.40. The fraction of sp³-hybridized carbons (Fsp3) is 0.353. The zero-order valence-electron chi connectivity index (χ0n) is 13.8. The molecule has 2 N–H and O–H groups in total. The third kappa shape index (κ3) is 4.84. The number of hydrogen-bond acceptors (Lipinski definition) is 3. The summed E-state index contributed by atoms with van der Waals surface area (Å²) in [5.74, 6) is -1.52. The van der Waals surface area contributed by atoms with Crippen LogP contribution in [0.25, 0.3) is 0 Å². The molecule has 2 aromatic rings. The summed E-state index contributed by atoms with van der Waals surface area (Å²) >= 11 is 0. The van der Waals surface area contributed by atoms with E-state index in [2.05, 4.69) is 10.4 Å². The van der Waals surface area contributed by atoms with E-state index in [9.17, 15) is 9.59 Å². The molecule has 1 aromatic heterocycles. The Morgan fingerprint density at radius 2 is 2.00 bits per heavy atom. The minimum absolute atomic E-state index is 0.163. The van der Waals surface area contributed by atoms with E-state index in [4.69, 9.17) is 5.11 Å². The van der Waals surface area contributed by atoms with Crippen LogP contribution in [0.4, 0.5) is 4.79 Å².